The largest absolute Gasteiger partial charge is 0.383 e. The van der Waals surface area contributed by atoms with Gasteiger partial charge in [-0.15, -0.1) is 11.8 Å². The molecule has 1 aromatic rings. The van der Waals surface area contributed by atoms with Gasteiger partial charge in [-0.05, 0) is 6.42 Å². The average molecular weight is 358 g/mol. The number of methoxy groups -OCH3 is 1. The topological polar surface area (TPSA) is 73.2 Å². The summed E-state index contributed by atoms with van der Waals surface area (Å²) in [7, 11) is 1.60. The highest BCUT2D eigenvalue weighted by molar-refractivity contribution is 8.00. The van der Waals surface area contributed by atoms with E-state index in [-0.39, 0.29) is 17.2 Å². The van der Waals surface area contributed by atoms with Crippen LogP contribution in [0.1, 0.15) is 26.0 Å². The summed E-state index contributed by atoms with van der Waals surface area (Å²) in [5.74, 6) is 0.230. The smallest absolute Gasteiger partial charge is 0.268 e. The van der Waals surface area contributed by atoms with Crippen LogP contribution in [0, 0.1) is 0 Å². The predicted octanol–water partition coefficient (Wildman–Crippen LogP) is 1.54. The van der Waals surface area contributed by atoms with Crippen molar-refractivity contribution < 1.29 is 9.53 Å². The molecule has 0 spiro atoms. The van der Waals surface area contributed by atoms with Crippen LogP contribution in [0.15, 0.2) is 14.8 Å². The minimum atomic E-state index is -0.0346. The Morgan fingerprint density at radius 3 is 3.04 bits per heavy atom. The molecule has 0 radical (unpaired) electrons. The third kappa shape index (κ3) is 4.74. The molecule has 0 saturated carbocycles. The van der Waals surface area contributed by atoms with Gasteiger partial charge in [-0.1, -0.05) is 25.6 Å². The summed E-state index contributed by atoms with van der Waals surface area (Å²) in [6, 6.07) is 0. The van der Waals surface area contributed by atoms with Gasteiger partial charge in [0.25, 0.3) is 5.56 Å². The molecule has 1 aliphatic heterocycles. The number of hydrogen-bond acceptors (Lipinski definition) is 6. The minimum absolute atomic E-state index is 0.0159. The van der Waals surface area contributed by atoms with E-state index in [0.29, 0.717) is 30.1 Å². The monoisotopic (exact) mass is 357 g/mol. The number of hydrogen-bond donors (Lipinski definition) is 1. The summed E-state index contributed by atoms with van der Waals surface area (Å²) in [4.78, 5) is 29.9. The van der Waals surface area contributed by atoms with Crippen molar-refractivity contribution in [2.75, 3.05) is 26.0 Å². The van der Waals surface area contributed by atoms with E-state index in [1.165, 1.54) is 11.8 Å². The molecule has 0 bridgehead atoms. The quantitative estimate of drug-likeness (QED) is 0.562. The first kappa shape index (κ1) is 18.4. The van der Waals surface area contributed by atoms with Crippen LogP contribution >= 0.6 is 23.5 Å². The molecule has 2 heterocycles. The zero-order valence-electron chi connectivity index (χ0n) is 13.8. The number of rotatable bonds is 8. The molecule has 0 aromatic carbocycles. The standard InChI is InChI=1S/C15H23N3O3S2/c1-4-5-16-12(19)9-22-15-17-11-8-10(2)23-13(11)14(20)18(15)6-7-21-3/h10H,4-9H2,1-3H3,(H,16,19). The number of fused-ring (bicyclic) bond motifs is 1. The van der Waals surface area contributed by atoms with Crippen LogP contribution in [-0.4, -0.2) is 46.7 Å². The van der Waals surface area contributed by atoms with E-state index in [9.17, 15) is 9.59 Å². The lowest BCUT2D eigenvalue weighted by Gasteiger charge is -2.13. The number of ether oxygens (including phenoxy) is 1. The second kappa shape index (κ2) is 8.75. The maximum atomic E-state index is 12.7. The first-order valence-corrected chi connectivity index (χ1v) is 9.62. The van der Waals surface area contributed by atoms with Crippen molar-refractivity contribution in [2.24, 2.45) is 0 Å². The maximum Gasteiger partial charge on any atom is 0.268 e. The molecule has 1 aliphatic rings. The van der Waals surface area contributed by atoms with Crippen LogP contribution < -0.4 is 10.9 Å². The highest BCUT2D eigenvalue weighted by atomic mass is 32.2. The summed E-state index contributed by atoms with van der Waals surface area (Å²) in [6.45, 7) is 5.66. The van der Waals surface area contributed by atoms with Crippen LogP contribution in [0.5, 0.6) is 0 Å². The Hall–Kier alpha value is -0.990. The fourth-order valence-corrected chi connectivity index (χ4v) is 4.25. The first-order chi connectivity index (χ1) is 11.1. The van der Waals surface area contributed by atoms with Crippen molar-refractivity contribution >= 4 is 29.4 Å². The second-order valence-electron chi connectivity index (χ2n) is 5.39. The number of amides is 1. The first-order valence-electron chi connectivity index (χ1n) is 7.75. The van der Waals surface area contributed by atoms with Gasteiger partial charge in [-0.3, -0.25) is 14.2 Å². The number of nitrogens with zero attached hydrogens (tertiary/aromatic N) is 2. The molecule has 1 atom stereocenters. The molecule has 0 fully saturated rings. The Kier molecular flexibility index (Phi) is 6.98. The number of carbonyl (C=O) groups is 1. The van der Waals surface area contributed by atoms with E-state index in [1.807, 2.05) is 6.92 Å². The van der Waals surface area contributed by atoms with Crippen LogP contribution in [0.2, 0.25) is 0 Å². The van der Waals surface area contributed by atoms with Gasteiger partial charge in [0.2, 0.25) is 5.91 Å². The average Bonchev–Trinajstić information content (AvgIpc) is 2.91. The van der Waals surface area contributed by atoms with Crippen LogP contribution in [-0.2, 0) is 22.5 Å². The summed E-state index contributed by atoms with van der Waals surface area (Å²) >= 11 is 2.90. The van der Waals surface area contributed by atoms with Gasteiger partial charge in [0, 0.05) is 25.3 Å². The number of aromatic nitrogens is 2. The van der Waals surface area contributed by atoms with Crippen molar-refractivity contribution in [3.8, 4) is 0 Å². The Morgan fingerprint density at radius 2 is 2.35 bits per heavy atom. The minimum Gasteiger partial charge on any atom is -0.383 e. The molecule has 1 aromatic heterocycles. The van der Waals surface area contributed by atoms with Gasteiger partial charge in [0.05, 0.1) is 29.5 Å². The lowest BCUT2D eigenvalue weighted by molar-refractivity contribution is -0.118. The fraction of sp³-hybridized carbons (Fsp3) is 0.667. The molecule has 8 heteroatoms. The summed E-state index contributed by atoms with van der Waals surface area (Å²) < 4.78 is 6.72. The highest BCUT2D eigenvalue weighted by Gasteiger charge is 2.26. The molecule has 1 N–H and O–H groups in total. The van der Waals surface area contributed by atoms with Gasteiger partial charge in [-0.2, -0.15) is 0 Å². The summed E-state index contributed by atoms with van der Waals surface area (Å²) in [5, 5.41) is 3.81. The normalized spacial score (nSPS) is 16.4. The maximum absolute atomic E-state index is 12.7. The SMILES string of the molecule is CCCNC(=O)CSc1nc2c(c(=O)n1CCOC)SC(C)C2. The van der Waals surface area contributed by atoms with Crippen molar-refractivity contribution in [3.05, 3.63) is 16.0 Å². The molecule has 2 rings (SSSR count). The third-order valence-electron chi connectivity index (χ3n) is 3.39. The highest BCUT2D eigenvalue weighted by Crippen LogP contribution is 2.34. The Labute approximate surface area is 144 Å². The molecule has 0 saturated heterocycles. The van der Waals surface area contributed by atoms with E-state index in [4.69, 9.17) is 4.74 Å². The molecule has 0 aliphatic carbocycles. The second-order valence-corrected chi connectivity index (χ2v) is 7.78. The van der Waals surface area contributed by atoms with Crippen LogP contribution in [0.4, 0.5) is 0 Å². The molecule has 23 heavy (non-hydrogen) atoms. The van der Waals surface area contributed by atoms with E-state index < -0.39 is 0 Å². The van der Waals surface area contributed by atoms with Gasteiger partial charge >= 0.3 is 0 Å². The van der Waals surface area contributed by atoms with Gasteiger partial charge < -0.3 is 10.1 Å². The van der Waals surface area contributed by atoms with Crippen molar-refractivity contribution in [1.82, 2.24) is 14.9 Å². The zero-order valence-corrected chi connectivity index (χ0v) is 15.4. The molecule has 6 nitrogen and oxygen atoms in total. The van der Waals surface area contributed by atoms with Gasteiger partial charge in [0.15, 0.2) is 5.16 Å². The summed E-state index contributed by atoms with van der Waals surface area (Å²) in [6.07, 6.45) is 1.71. The molecular formula is C15H23N3O3S2. The lowest BCUT2D eigenvalue weighted by Crippen LogP contribution is -2.29. The zero-order chi connectivity index (χ0) is 16.8. The van der Waals surface area contributed by atoms with E-state index in [2.05, 4.69) is 17.2 Å². The van der Waals surface area contributed by atoms with E-state index in [0.717, 1.165) is 23.4 Å². The van der Waals surface area contributed by atoms with Gasteiger partial charge in [0.1, 0.15) is 0 Å². The molecule has 1 amide bonds. The Bertz CT molecular complexity index is 619. The van der Waals surface area contributed by atoms with Crippen molar-refractivity contribution in [1.29, 1.82) is 0 Å². The summed E-state index contributed by atoms with van der Waals surface area (Å²) in [5.41, 5.74) is 0.843. The molecule has 128 valence electrons. The van der Waals surface area contributed by atoms with E-state index in [1.54, 1.807) is 23.4 Å². The third-order valence-corrected chi connectivity index (χ3v) is 5.58. The van der Waals surface area contributed by atoms with Crippen LogP contribution in [0.25, 0.3) is 0 Å². The Morgan fingerprint density at radius 1 is 1.57 bits per heavy atom. The van der Waals surface area contributed by atoms with E-state index >= 15 is 0 Å². The number of carbonyl (C=O) groups excluding carboxylic acids is 1. The molecule has 1 unspecified atom stereocenters. The van der Waals surface area contributed by atoms with Gasteiger partial charge in [-0.25, -0.2) is 4.98 Å². The van der Waals surface area contributed by atoms with Crippen LogP contribution in [0.3, 0.4) is 0 Å². The molecular weight excluding hydrogens is 334 g/mol. The number of nitrogens with one attached hydrogen (secondary N) is 1. The number of thioether (sulfide) groups is 2. The Balaban J connectivity index is 2.19. The van der Waals surface area contributed by atoms with Crippen molar-refractivity contribution in [3.63, 3.8) is 0 Å². The fourth-order valence-electron chi connectivity index (χ4n) is 2.27. The predicted molar refractivity (Wildman–Crippen MR) is 93.4 cm³/mol. The lowest BCUT2D eigenvalue weighted by atomic mass is 10.2. The van der Waals surface area contributed by atoms with Crippen molar-refractivity contribution in [2.45, 2.75) is 48.5 Å².